The number of nitriles is 1. The second-order valence-corrected chi connectivity index (χ2v) is 14.1. The van der Waals surface area contributed by atoms with E-state index in [2.05, 4.69) is 13.0 Å². The summed E-state index contributed by atoms with van der Waals surface area (Å²) in [7, 11) is 0.248. The maximum Gasteiger partial charge on any atom is 0.529 e. The van der Waals surface area contributed by atoms with Crippen molar-refractivity contribution in [1.29, 1.82) is 5.26 Å². The summed E-state index contributed by atoms with van der Waals surface area (Å²) in [5.74, 6) is 1.32. The molecule has 0 aliphatic carbocycles. The molecule has 2 rings (SSSR count). The zero-order chi connectivity index (χ0) is 34.2. The molecule has 0 fully saturated rings. The van der Waals surface area contributed by atoms with Crippen LogP contribution in [0.3, 0.4) is 0 Å². The molecule has 0 radical (unpaired) electrons. The van der Waals surface area contributed by atoms with Gasteiger partial charge in [-0.15, -0.1) is 0 Å². The summed E-state index contributed by atoms with van der Waals surface area (Å²) < 4.78 is 46.9. The number of ether oxygens (including phenoxy) is 3. The molecule has 0 aliphatic rings. The predicted molar refractivity (Wildman–Crippen MR) is 190 cm³/mol. The van der Waals surface area contributed by atoms with Gasteiger partial charge in [0.2, 0.25) is 0 Å². The predicted octanol–water partition coefficient (Wildman–Crippen LogP) is 11.9. The van der Waals surface area contributed by atoms with Crippen molar-refractivity contribution < 1.29 is 32.3 Å². The number of unbranched alkanes of at least 4 members (excludes halogenated alkanes) is 16. The molecule has 0 saturated carbocycles. The average molecular weight is 694 g/mol. The van der Waals surface area contributed by atoms with Crippen molar-refractivity contribution >= 4 is 19.4 Å². The first-order valence-corrected chi connectivity index (χ1v) is 19.3. The number of hydrogen-bond donors (Lipinski definition) is 0. The van der Waals surface area contributed by atoms with E-state index in [-0.39, 0.29) is 17.9 Å². The molecule has 0 bridgehead atoms. The molecule has 2 aromatic carbocycles. The molecule has 0 N–H and O–H groups in total. The highest BCUT2D eigenvalue weighted by molar-refractivity contribution is 7.48. The summed E-state index contributed by atoms with van der Waals surface area (Å²) in [5.41, 5.74) is 0.278. The van der Waals surface area contributed by atoms with E-state index >= 15 is 0 Å². The average Bonchev–Trinajstić information content (AvgIpc) is 3.08. The fourth-order valence-corrected chi connectivity index (χ4v) is 6.67. The molecule has 47 heavy (non-hydrogen) atoms. The van der Waals surface area contributed by atoms with E-state index in [4.69, 9.17) is 39.4 Å². The van der Waals surface area contributed by atoms with Gasteiger partial charge in [-0.2, -0.15) is 5.26 Å². The fourth-order valence-electron chi connectivity index (χ4n) is 5.46. The van der Waals surface area contributed by atoms with E-state index < -0.39 is 13.9 Å². The lowest BCUT2D eigenvalue weighted by Crippen LogP contribution is -2.23. The number of para-hydroxylation sites is 1. The molecule has 8 nitrogen and oxygen atoms in total. The summed E-state index contributed by atoms with van der Waals surface area (Å²) in [5, 5.41) is 9.84. The third-order valence-corrected chi connectivity index (χ3v) is 9.86. The van der Waals surface area contributed by atoms with Crippen LogP contribution in [0, 0.1) is 11.3 Å². The normalized spacial score (nSPS) is 13.0. The van der Waals surface area contributed by atoms with Crippen LogP contribution in [0.4, 0.5) is 0 Å². The Morgan fingerprint density at radius 2 is 1.23 bits per heavy atom. The van der Waals surface area contributed by atoms with Crippen LogP contribution in [0.1, 0.15) is 128 Å². The number of phosphoric acid groups is 1. The minimum absolute atomic E-state index is 0.0565. The van der Waals surface area contributed by atoms with E-state index in [1.54, 1.807) is 36.4 Å². The Morgan fingerprint density at radius 1 is 0.745 bits per heavy atom. The summed E-state index contributed by atoms with van der Waals surface area (Å²) in [6, 6.07) is 12.1. The standard InChI is InChI=1S/C37H57ClNO7P/c1-5-6-7-8-9-10-11-12-13-14-15-16-17-18-19-20-21-24-31(45-32-27-36(41-2)33(29-39)37(28-32)42-3)30-44-47(40,43-4)46-35-26-23-22-25-34(35)38/h22-23,25-28,31H,5-21,24,30H2,1-4H3/t31-,47?/m1/s1. The van der Waals surface area contributed by atoms with Crippen molar-refractivity contribution in [3.63, 3.8) is 0 Å². The number of hydrogen-bond acceptors (Lipinski definition) is 8. The SMILES string of the molecule is CCCCCCCCCCCCCCCCCCC[C@H](COP(=O)(OC)Oc1ccccc1Cl)Oc1cc(OC)c(C#N)c(OC)c1. The molecule has 0 aliphatic heterocycles. The third-order valence-electron chi connectivity index (χ3n) is 8.21. The van der Waals surface area contributed by atoms with E-state index in [1.807, 2.05) is 0 Å². The topological polar surface area (TPSA) is 96.2 Å². The molecule has 0 saturated heterocycles. The van der Waals surface area contributed by atoms with Gasteiger partial charge in [-0.1, -0.05) is 133 Å². The van der Waals surface area contributed by atoms with Crippen LogP contribution in [0.15, 0.2) is 36.4 Å². The molecule has 2 atom stereocenters. The third kappa shape index (κ3) is 16.5. The van der Waals surface area contributed by atoms with Crippen LogP contribution in [-0.4, -0.2) is 34.0 Å². The van der Waals surface area contributed by atoms with Gasteiger partial charge in [0.1, 0.15) is 40.7 Å². The second-order valence-electron chi connectivity index (χ2n) is 11.9. The molecule has 0 amide bonds. The molecule has 2 aromatic rings. The van der Waals surface area contributed by atoms with Gasteiger partial charge in [-0.25, -0.2) is 4.57 Å². The number of benzene rings is 2. The van der Waals surface area contributed by atoms with Crippen LogP contribution in [0.25, 0.3) is 0 Å². The number of phosphoric ester groups is 1. The first-order chi connectivity index (χ1) is 22.9. The van der Waals surface area contributed by atoms with Gasteiger partial charge in [0.05, 0.1) is 25.8 Å². The van der Waals surface area contributed by atoms with Gasteiger partial charge < -0.3 is 18.7 Å². The molecule has 10 heteroatoms. The van der Waals surface area contributed by atoms with Crippen molar-refractivity contribution in [3.05, 3.63) is 47.0 Å². The van der Waals surface area contributed by atoms with Gasteiger partial charge in [0.25, 0.3) is 0 Å². The quantitative estimate of drug-likeness (QED) is 0.0641. The summed E-state index contributed by atoms with van der Waals surface area (Å²) in [4.78, 5) is 0. The van der Waals surface area contributed by atoms with Gasteiger partial charge in [0.15, 0.2) is 0 Å². The maximum atomic E-state index is 13.3. The van der Waals surface area contributed by atoms with Crippen LogP contribution in [0.5, 0.6) is 23.0 Å². The second kappa shape index (κ2) is 24.7. The summed E-state index contributed by atoms with van der Waals surface area (Å²) in [6.07, 6.45) is 22.2. The lowest BCUT2D eigenvalue weighted by molar-refractivity contribution is 0.0901. The van der Waals surface area contributed by atoms with E-state index in [0.29, 0.717) is 28.7 Å². The highest BCUT2D eigenvalue weighted by Gasteiger charge is 2.30. The minimum Gasteiger partial charge on any atom is -0.495 e. The Kier molecular flexibility index (Phi) is 21.4. The Bertz CT molecular complexity index is 1200. The monoisotopic (exact) mass is 693 g/mol. The van der Waals surface area contributed by atoms with Crippen molar-refractivity contribution in [2.75, 3.05) is 27.9 Å². The fraction of sp³-hybridized carbons (Fsp3) is 0.649. The minimum atomic E-state index is -3.99. The van der Waals surface area contributed by atoms with Crippen LogP contribution >= 0.6 is 19.4 Å². The van der Waals surface area contributed by atoms with Gasteiger partial charge >= 0.3 is 7.82 Å². The Hall–Kier alpha value is -2.43. The maximum absolute atomic E-state index is 13.3. The highest BCUT2D eigenvalue weighted by atomic mass is 35.5. The molecule has 0 heterocycles. The smallest absolute Gasteiger partial charge is 0.495 e. The number of methoxy groups -OCH3 is 2. The summed E-state index contributed by atoms with van der Waals surface area (Å²) in [6.45, 7) is 2.21. The lowest BCUT2D eigenvalue weighted by Gasteiger charge is -2.23. The zero-order valence-corrected chi connectivity index (χ0v) is 30.8. The van der Waals surface area contributed by atoms with E-state index in [9.17, 15) is 9.83 Å². The van der Waals surface area contributed by atoms with Crippen LogP contribution < -0.4 is 18.7 Å². The molecule has 0 aromatic heterocycles. The Balaban J connectivity index is 1.82. The van der Waals surface area contributed by atoms with Crippen molar-refractivity contribution in [2.24, 2.45) is 0 Å². The molecular formula is C37H57ClNO7P. The Labute approximate surface area is 289 Å². The van der Waals surface area contributed by atoms with Gasteiger partial charge in [-0.3, -0.25) is 9.05 Å². The van der Waals surface area contributed by atoms with E-state index in [0.717, 1.165) is 19.3 Å². The van der Waals surface area contributed by atoms with Crippen molar-refractivity contribution in [3.8, 4) is 29.1 Å². The summed E-state index contributed by atoms with van der Waals surface area (Å²) >= 11 is 6.20. The molecule has 0 spiro atoms. The van der Waals surface area contributed by atoms with E-state index in [1.165, 1.54) is 111 Å². The van der Waals surface area contributed by atoms with Crippen LogP contribution in [-0.2, 0) is 13.6 Å². The zero-order valence-electron chi connectivity index (χ0n) is 29.1. The lowest BCUT2D eigenvalue weighted by atomic mass is 10.0. The molecule has 264 valence electrons. The highest BCUT2D eigenvalue weighted by Crippen LogP contribution is 2.50. The molecular weight excluding hydrogens is 637 g/mol. The number of nitrogens with zero attached hydrogens (tertiary/aromatic N) is 1. The first kappa shape index (κ1) is 40.7. The van der Waals surface area contributed by atoms with Crippen LogP contribution in [0.2, 0.25) is 5.02 Å². The van der Waals surface area contributed by atoms with Gasteiger partial charge in [0, 0.05) is 19.2 Å². The van der Waals surface area contributed by atoms with Crippen molar-refractivity contribution in [1.82, 2.24) is 0 Å². The molecule has 1 unspecified atom stereocenters. The number of halogens is 1. The van der Waals surface area contributed by atoms with Crippen molar-refractivity contribution in [2.45, 2.75) is 129 Å². The Morgan fingerprint density at radius 3 is 1.68 bits per heavy atom. The van der Waals surface area contributed by atoms with Gasteiger partial charge in [-0.05, 0) is 25.0 Å². The number of rotatable bonds is 28. The first-order valence-electron chi connectivity index (χ1n) is 17.5. The largest absolute Gasteiger partial charge is 0.529 e.